The molecule has 1 atom stereocenters. The number of halogens is 2. The van der Waals surface area contributed by atoms with Gasteiger partial charge < -0.3 is 10.6 Å². The predicted octanol–water partition coefficient (Wildman–Crippen LogP) is 5.69. The van der Waals surface area contributed by atoms with Gasteiger partial charge in [-0.2, -0.15) is 5.26 Å². The summed E-state index contributed by atoms with van der Waals surface area (Å²) in [5, 5.41) is 17.7. The first-order valence-corrected chi connectivity index (χ1v) is 10.4. The van der Waals surface area contributed by atoms with Gasteiger partial charge in [-0.05, 0) is 49.1 Å². The zero-order valence-corrected chi connectivity index (χ0v) is 17.5. The number of carbonyl (C=O) groups is 1. The molecule has 0 aliphatic carbocycles. The van der Waals surface area contributed by atoms with Crippen LogP contribution >= 0.6 is 35.0 Å². The Morgan fingerprint density at radius 2 is 1.86 bits per heavy atom. The van der Waals surface area contributed by atoms with Crippen molar-refractivity contribution in [2.45, 2.75) is 12.8 Å². The summed E-state index contributed by atoms with van der Waals surface area (Å²) in [6.45, 7) is 1.82. The fourth-order valence-corrected chi connectivity index (χ4v) is 4.14. The highest BCUT2D eigenvalue weighted by molar-refractivity contribution is 8.02. The molecule has 0 saturated carbocycles. The van der Waals surface area contributed by atoms with Gasteiger partial charge in [0.25, 0.3) is 5.91 Å². The van der Waals surface area contributed by atoms with Crippen molar-refractivity contribution in [2.75, 3.05) is 11.6 Å². The zero-order valence-electron chi connectivity index (χ0n) is 15.2. The first-order valence-electron chi connectivity index (χ1n) is 8.43. The first kappa shape index (κ1) is 20.3. The lowest BCUT2D eigenvalue weighted by Crippen LogP contribution is -2.30. The lowest BCUT2D eigenvalue weighted by Gasteiger charge is -2.30. The summed E-state index contributed by atoms with van der Waals surface area (Å²) in [7, 11) is 0. The topological polar surface area (TPSA) is 64.9 Å². The molecule has 1 amide bonds. The minimum absolute atomic E-state index is 0.301. The smallest absolute Gasteiger partial charge is 0.254 e. The van der Waals surface area contributed by atoms with Crippen LogP contribution in [0, 0.1) is 11.3 Å². The van der Waals surface area contributed by atoms with Gasteiger partial charge >= 0.3 is 0 Å². The SMILES string of the molecule is CSC1=C(C#N)[C@H](c2ccccc2Cl)C(C(=O)Nc2ccc(Cl)cc2)=C(C)N1. The van der Waals surface area contributed by atoms with Gasteiger partial charge in [-0.3, -0.25) is 4.79 Å². The predicted molar refractivity (Wildman–Crippen MR) is 116 cm³/mol. The van der Waals surface area contributed by atoms with E-state index < -0.39 is 5.92 Å². The van der Waals surface area contributed by atoms with Crippen molar-refractivity contribution in [3.63, 3.8) is 0 Å². The number of amides is 1. The zero-order chi connectivity index (χ0) is 20.3. The molecule has 2 aromatic rings. The number of benzene rings is 2. The largest absolute Gasteiger partial charge is 0.353 e. The Bertz CT molecular complexity index is 1020. The van der Waals surface area contributed by atoms with Gasteiger partial charge in [-0.15, -0.1) is 11.8 Å². The van der Waals surface area contributed by atoms with Crippen molar-refractivity contribution in [2.24, 2.45) is 0 Å². The number of nitrogens with one attached hydrogen (secondary N) is 2. The molecule has 0 radical (unpaired) electrons. The summed E-state index contributed by atoms with van der Waals surface area (Å²) in [4.78, 5) is 13.2. The Balaban J connectivity index is 2.08. The Hall–Kier alpha value is -2.39. The number of nitriles is 1. The fourth-order valence-electron chi connectivity index (χ4n) is 3.13. The number of rotatable bonds is 4. The van der Waals surface area contributed by atoms with Crippen LogP contribution in [0.2, 0.25) is 10.0 Å². The lowest BCUT2D eigenvalue weighted by molar-refractivity contribution is -0.113. The highest BCUT2D eigenvalue weighted by atomic mass is 35.5. The number of allylic oxidation sites excluding steroid dienone is 2. The van der Waals surface area contributed by atoms with Crippen LogP contribution < -0.4 is 10.6 Å². The lowest BCUT2D eigenvalue weighted by atomic mass is 9.82. The molecule has 0 unspecified atom stereocenters. The van der Waals surface area contributed by atoms with Gasteiger partial charge in [0.15, 0.2) is 0 Å². The number of hydrogen-bond donors (Lipinski definition) is 2. The molecule has 0 aromatic heterocycles. The highest BCUT2D eigenvalue weighted by Crippen LogP contribution is 2.42. The second-order valence-corrected chi connectivity index (χ2v) is 7.80. The minimum atomic E-state index is -0.560. The summed E-state index contributed by atoms with van der Waals surface area (Å²) >= 11 is 13.8. The normalized spacial score (nSPS) is 16.5. The summed E-state index contributed by atoms with van der Waals surface area (Å²) in [6.07, 6.45) is 1.88. The van der Waals surface area contributed by atoms with Crippen molar-refractivity contribution >= 4 is 46.6 Å². The van der Waals surface area contributed by atoms with Gasteiger partial charge in [-0.1, -0.05) is 41.4 Å². The molecule has 1 heterocycles. The average molecular weight is 430 g/mol. The van der Waals surface area contributed by atoms with E-state index in [-0.39, 0.29) is 5.91 Å². The van der Waals surface area contributed by atoms with Crippen LogP contribution in [0.1, 0.15) is 18.4 Å². The quantitative estimate of drug-likeness (QED) is 0.654. The molecule has 0 spiro atoms. The molecular formula is C21H17Cl2N3OS. The van der Waals surface area contributed by atoms with Crippen molar-refractivity contribution < 1.29 is 4.79 Å². The average Bonchev–Trinajstić information content (AvgIpc) is 2.69. The molecule has 0 fully saturated rings. The van der Waals surface area contributed by atoms with E-state index in [1.807, 2.05) is 31.4 Å². The van der Waals surface area contributed by atoms with E-state index in [1.165, 1.54) is 11.8 Å². The molecule has 2 N–H and O–H groups in total. The molecule has 1 aliphatic rings. The second-order valence-electron chi connectivity index (χ2n) is 6.14. The summed E-state index contributed by atoms with van der Waals surface area (Å²) in [6, 6.07) is 16.4. The van der Waals surface area contributed by atoms with E-state index in [9.17, 15) is 10.1 Å². The minimum Gasteiger partial charge on any atom is -0.353 e. The molecule has 0 bridgehead atoms. The molecule has 2 aromatic carbocycles. The number of hydrogen-bond acceptors (Lipinski definition) is 4. The van der Waals surface area contributed by atoms with Crippen molar-refractivity contribution in [1.82, 2.24) is 5.32 Å². The monoisotopic (exact) mass is 429 g/mol. The van der Waals surface area contributed by atoms with Crippen LogP contribution in [0.4, 0.5) is 5.69 Å². The number of anilines is 1. The molecule has 7 heteroatoms. The molecular weight excluding hydrogens is 413 g/mol. The Morgan fingerprint density at radius 1 is 1.18 bits per heavy atom. The highest BCUT2D eigenvalue weighted by Gasteiger charge is 2.35. The molecule has 4 nitrogen and oxygen atoms in total. The van der Waals surface area contributed by atoms with E-state index in [1.54, 1.807) is 30.3 Å². The molecule has 28 heavy (non-hydrogen) atoms. The fraction of sp³-hybridized carbons (Fsp3) is 0.143. The van der Waals surface area contributed by atoms with Crippen LogP contribution in [0.15, 0.2) is 70.4 Å². The third kappa shape index (κ3) is 4.05. The molecule has 3 rings (SSSR count). The van der Waals surface area contributed by atoms with Crippen LogP contribution in [-0.4, -0.2) is 12.2 Å². The molecule has 0 saturated heterocycles. The van der Waals surface area contributed by atoms with Gasteiger partial charge in [0.05, 0.1) is 22.6 Å². The van der Waals surface area contributed by atoms with Gasteiger partial charge in [0.2, 0.25) is 0 Å². The Labute approximate surface area is 178 Å². The molecule has 1 aliphatic heterocycles. The van der Waals surface area contributed by atoms with Gasteiger partial charge in [0.1, 0.15) is 0 Å². The number of thioether (sulfide) groups is 1. The number of carbonyl (C=O) groups excluding carboxylic acids is 1. The standard InChI is InChI=1S/C21H17Cl2N3OS/c1-12-18(20(27)26-14-9-7-13(22)8-10-14)19(15-5-3-4-6-17(15)23)16(11-24)21(25-12)28-2/h3-10,19,25H,1-2H3,(H,26,27)/t19-/m0/s1. The van der Waals surface area contributed by atoms with Crippen LogP contribution in [0.25, 0.3) is 0 Å². The summed E-state index contributed by atoms with van der Waals surface area (Å²) < 4.78 is 0. The van der Waals surface area contributed by atoms with E-state index in [0.717, 1.165) is 5.56 Å². The van der Waals surface area contributed by atoms with Gasteiger partial charge in [-0.25, -0.2) is 0 Å². The van der Waals surface area contributed by atoms with Crippen molar-refractivity contribution in [3.8, 4) is 6.07 Å². The number of dihydropyridines is 1. The third-order valence-corrected chi connectivity index (χ3v) is 5.74. The van der Waals surface area contributed by atoms with Crippen molar-refractivity contribution in [1.29, 1.82) is 5.26 Å². The Morgan fingerprint density at radius 3 is 2.46 bits per heavy atom. The first-order chi connectivity index (χ1) is 13.5. The van der Waals surface area contributed by atoms with Crippen molar-refractivity contribution in [3.05, 3.63) is 86.0 Å². The van der Waals surface area contributed by atoms with Crippen LogP contribution in [0.3, 0.4) is 0 Å². The maximum atomic E-state index is 13.2. The second kappa shape index (κ2) is 8.74. The van der Waals surface area contributed by atoms with Crippen LogP contribution in [-0.2, 0) is 4.79 Å². The maximum absolute atomic E-state index is 13.2. The summed E-state index contributed by atoms with van der Waals surface area (Å²) in [5.41, 5.74) is 2.93. The molecule has 142 valence electrons. The van der Waals surface area contributed by atoms with E-state index in [2.05, 4.69) is 16.7 Å². The number of nitrogens with zero attached hydrogens (tertiary/aromatic N) is 1. The van der Waals surface area contributed by atoms with E-state index in [0.29, 0.717) is 37.6 Å². The third-order valence-electron chi connectivity index (χ3n) is 4.41. The van der Waals surface area contributed by atoms with Gasteiger partial charge in [0, 0.05) is 27.0 Å². The van der Waals surface area contributed by atoms with Crippen LogP contribution in [0.5, 0.6) is 0 Å². The maximum Gasteiger partial charge on any atom is 0.254 e. The summed E-state index contributed by atoms with van der Waals surface area (Å²) in [5.74, 6) is -0.861. The van der Waals surface area contributed by atoms with E-state index >= 15 is 0 Å². The van der Waals surface area contributed by atoms with E-state index in [4.69, 9.17) is 23.2 Å². The Kier molecular flexibility index (Phi) is 6.35.